The summed E-state index contributed by atoms with van der Waals surface area (Å²) in [6, 6.07) is 12.0. The molecule has 2 heterocycles. The topological polar surface area (TPSA) is 34.0 Å². The first-order valence-electron chi connectivity index (χ1n) is 7.21. The van der Waals surface area contributed by atoms with E-state index in [2.05, 4.69) is 5.32 Å². The SMILES string of the molecule is CCn1c(C(=O)NCc2ccc(C)cc2)cc2sc(Cl)cc21. The Balaban J connectivity index is 1.79. The van der Waals surface area contributed by atoms with Crippen LogP contribution in [-0.2, 0) is 13.1 Å². The van der Waals surface area contributed by atoms with Crippen LogP contribution in [0.3, 0.4) is 0 Å². The van der Waals surface area contributed by atoms with E-state index < -0.39 is 0 Å². The van der Waals surface area contributed by atoms with Gasteiger partial charge in [0.2, 0.25) is 0 Å². The molecule has 114 valence electrons. The van der Waals surface area contributed by atoms with Crippen molar-refractivity contribution >= 4 is 39.1 Å². The third-order valence-electron chi connectivity index (χ3n) is 3.68. The summed E-state index contributed by atoms with van der Waals surface area (Å²) in [7, 11) is 0. The summed E-state index contributed by atoms with van der Waals surface area (Å²) in [5.74, 6) is -0.0538. The first-order valence-corrected chi connectivity index (χ1v) is 8.40. The Morgan fingerprint density at radius 1 is 1.27 bits per heavy atom. The van der Waals surface area contributed by atoms with Gasteiger partial charge in [-0.25, -0.2) is 0 Å². The van der Waals surface area contributed by atoms with Gasteiger partial charge in [0.1, 0.15) is 5.69 Å². The first kappa shape index (κ1) is 15.1. The van der Waals surface area contributed by atoms with E-state index in [1.807, 2.05) is 54.8 Å². The summed E-state index contributed by atoms with van der Waals surface area (Å²) < 4.78 is 3.80. The van der Waals surface area contributed by atoms with Crippen LogP contribution in [0.2, 0.25) is 4.34 Å². The van der Waals surface area contributed by atoms with Crippen LogP contribution in [0.15, 0.2) is 36.4 Å². The van der Waals surface area contributed by atoms with E-state index in [0.717, 1.165) is 26.7 Å². The number of hydrogen-bond donors (Lipinski definition) is 1. The summed E-state index contributed by atoms with van der Waals surface area (Å²) in [5.41, 5.74) is 4.02. The molecule has 0 saturated carbocycles. The number of hydrogen-bond acceptors (Lipinski definition) is 2. The van der Waals surface area contributed by atoms with Gasteiger partial charge in [0.15, 0.2) is 0 Å². The molecule has 5 heteroatoms. The van der Waals surface area contributed by atoms with E-state index >= 15 is 0 Å². The van der Waals surface area contributed by atoms with E-state index in [4.69, 9.17) is 11.6 Å². The van der Waals surface area contributed by atoms with Crippen LogP contribution in [0.25, 0.3) is 10.2 Å². The van der Waals surface area contributed by atoms with Gasteiger partial charge in [-0.1, -0.05) is 41.4 Å². The predicted molar refractivity (Wildman–Crippen MR) is 92.8 cm³/mol. The minimum absolute atomic E-state index is 0.0538. The Hall–Kier alpha value is -1.78. The van der Waals surface area contributed by atoms with Crippen molar-refractivity contribution in [1.29, 1.82) is 0 Å². The van der Waals surface area contributed by atoms with Gasteiger partial charge in [-0.05, 0) is 31.5 Å². The number of rotatable bonds is 4. The third-order valence-corrected chi connectivity index (χ3v) is 4.88. The van der Waals surface area contributed by atoms with Gasteiger partial charge >= 0.3 is 0 Å². The number of fused-ring (bicyclic) bond motifs is 1. The van der Waals surface area contributed by atoms with Crippen LogP contribution in [0.1, 0.15) is 28.5 Å². The van der Waals surface area contributed by atoms with Crippen LogP contribution in [0.5, 0.6) is 0 Å². The van der Waals surface area contributed by atoms with E-state index in [1.54, 1.807) is 0 Å². The molecular formula is C17H17ClN2OS. The molecule has 0 unspecified atom stereocenters. The van der Waals surface area contributed by atoms with Crippen molar-refractivity contribution in [3.8, 4) is 0 Å². The molecule has 0 aliphatic carbocycles. The Labute approximate surface area is 138 Å². The Morgan fingerprint density at radius 3 is 2.68 bits per heavy atom. The fraction of sp³-hybridized carbons (Fsp3) is 0.235. The van der Waals surface area contributed by atoms with Crippen molar-refractivity contribution in [2.24, 2.45) is 0 Å². The molecule has 3 rings (SSSR count). The molecule has 1 aromatic carbocycles. The summed E-state index contributed by atoms with van der Waals surface area (Å²) in [5, 5.41) is 2.99. The Bertz CT molecular complexity index is 817. The lowest BCUT2D eigenvalue weighted by Crippen LogP contribution is -2.25. The summed E-state index contributed by atoms with van der Waals surface area (Å²) in [4.78, 5) is 12.5. The second kappa shape index (κ2) is 6.15. The van der Waals surface area contributed by atoms with Gasteiger partial charge in [0.25, 0.3) is 5.91 Å². The van der Waals surface area contributed by atoms with E-state index in [1.165, 1.54) is 16.9 Å². The number of thiophene rings is 1. The van der Waals surface area contributed by atoms with Crippen molar-refractivity contribution in [1.82, 2.24) is 9.88 Å². The van der Waals surface area contributed by atoms with Crippen molar-refractivity contribution in [2.45, 2.75) is 26.9 Å². The quantitative estimate of drug-likeness (QED) is 0.743. The molecule has 0 aliphatic rings. The van der Waals surface area contributed by atoms with E-state index in [-0.39, 0.29) is 5.91 Å². The molecule has 0 spiro atoms. The van der Waals surface area contributed by atoms with Crippen molar-refractivity contribution < 1.29 is 4.79 Å². The lowest BCUT2D eigenvalue weighted by atomic mass is 10.1. The highest BCUT2D eigenvalue weighted by Gasteiger charge is 2.16. The Kier molecular flexibility index (Phi) is 4.23. The standard InChI is InChI=1S/C17H17ClN2OS/c1-3-20-13-9-16(18)22-15(13)8-14(20)17(21)19-10-12-6-4-11(2)5-7-12/h4-9H,3,10H2,1-2H3,(H,19,21). The van der Waals surface area contributed by atoms with E-state index in [9.17, 15) is 4.79 Å². The summed E-state index contributed by atoms with van der Waals surface area (Å²) >= 11 is 7.54. The number of aryl methyl sites for hydroxylation is 2. The summed E-state index contributed by atoms with van der Waals surface area (Å²) in [6.45, 7) is 5.35. The molecule has 1 N–H and O–H groups in total. The molecule has 1 amide bonds. The largest absolute Gasteiger partial charge is 0.347 e. The van der Waals surface area contributed by atoms with Gasteiger partial charge < -0.3 is 9.88 Å². The normalized spacial score (nSPS) is 11.0. The van der Waals surface area contributed by atoms with Gasteiger partial charge in [-0.3, -0.25) is 4.79 Å². The lowest BCUT2D eigenvalue weighted by Gasteiger charge is -2.09. The van der Waals surface area contributed by atoms with Crippen molar-refractivity contribution in [3.05, 3.63) is 57.6 Å². The maximum absolute atomic E-state index is 12.5. The predicted octanol–water partition coefficient (Wildman–Crippen LogP) is 4.61. The molecule has 0 saturated heterocycles. The maximum Gasteiger partial charge on any atom is 0.268 e. The molecule has 3 aromatic rings. The van der Waals surface area contributed by atoms with Crippen LogP contribution in [-0.4, -0.2) is 10.5 Å². The highest BCUT2D eigenvalue weighted by Crippen LogP contribution is 2.32. The number of amides is 1. The fourth-order valence-electron chi connectivity index (χ4n) is 2.52. The zero-order chi connectivity index (χ0) is 15.7. The van der Waals surface area contributed by atoms with Crippen LogP contribution < -0.4 is 5.32 Å². The van der Waals surface area contributed by atoms with Gasteiger partial charge in [-0.15, -0.1) is 11.3 Å². The minimum atomic E-state index is -0.0538. The number of nitrogens with zero attached hydrogens (tertiary/aromatic N) is 1. The number of nitrogens with one attached hydrogen (secondary N) is 1. The molecule has 0 bridgehead atoms. The molecule has 0 fully saturated rings. The van der Waals surface area contributed by atoms with Crippen molar-refractivity contribution in [2.75, 3.05) is 0 Å². The number of halogens is 1. The molecule has 22 heavy (non-hydrogen) atoms. The van der Waals surface area contributed by atoms with Gasteiger partial charge in [0.05, 0.1) is 14.6 Å². The van der Waals surface area contributed by atoms with Crippen LogP contribution in [0.4, 0.5) is 0 Å². The number of benzene rings is 1. The number of carbonyl (C=O) groups excluding carboxylic acids is 1. The zero-order valence-electron chi connectivity index (χ0n) is 12.5. The molecular weight excluding hydrogens is 316 g/mol. The Morgan fingerprint density at radius 2 is 2.00 bits per heavy atom. The highest BCUT2D eigenvalue weighted by molar-refractivity contribution is 7.22. The number of aromatic nitrogens is 1. The molecule has 0 atom stereocenters. The molecule has 0 radical (unpaired) electrons. The number of carbonyl (C=O) groups is 1. The summed E-state index contributed by atoms with van der Waals surface area (Å²) in [6.07, 6.45) is 0. The lowest BCUT2D eigenvalue weighted by molar-refractivity contribution is 0.0942. The molecule has 3 nitrogen and oxygen atoms in total. The fourth-order valence-corrected chi connectivity index (χ4v) is 3.70. The van der Waals surface area contributed by atoms with E-state index in [0.29, 0.717) is 12.2 Å². The molecule has 0 aliphatic heterocycles. The van der Waals surface area contributed by atoms with Gasteiger partial charge in [0, 0.05) is 13.1 Å². The highest BCUT2D eigenvalue weighted by atomic mass is 35.5. The monoisotopic (exact) mass is 332 g/mol. The average Bonchev–Trinajstić information content (AvgIpc) is 3.01. The van der Waals surface area contributed by atoms with Crippen molar-refractivity contribution in [3.63, 3.8) is 0 Å². The smallest absolute Gasteiger partial charge is 0.268 e. The van der Waals surface area contributed by atoms with Crippen LogP contribution >= 0.6 is 22.9 Å². The first-order chi connectivity index (χ1) is 10.6. The van der Waals surface area contributed by atoms with Gasteiger partial charge in [-0.2, -0.15) is 0 Å². The zero-order valence-corrected chi connectivity index (χ0v) is 14.1. The third kappa shape index (κ3) is 2.89. The molecule has 2 aromatic heterocycles. The maximum atomic E-state index is 12.5. The average molecular weight is 333 g/mol. The minimum Gasteiger partial charge on any atom is -0.347 e. The second-order valence-electron chi connectivity index (χ2n) is 5.24. The second-order valence-corrected chi connectivity index (χ2v) is 6.96. The van der Waals surface area contributed by atoms with Crippen LogP contribution in [0, 0.1) is 6.92 Å².